The molecule has 0 radical (unpaired) electrons. The van der Waals surface area contributed by atoms with E-state index in [0.29, 0.717) is 28.1 Å². The number of nitrogens with zero attached hydrogens (tertiary/aromatic N) is 2. The molecule has 2 aromatic rings. The lowest BCUT2D eigenvalue weighted by Gasteiger charge is -2.24. The van der Waals surface area contributed by atoms with Crippen LogP contribution in [0.25, 0.3) is 10.4 Å². The van der Waals surface area contributed by atoms with Crippen molar-refractivity contribution in [1.82, 2.24) is 14.6 Å². The van der Waals surface area contributed by atoms with E-state index in [-0.39, 0.29) is 17.9 Å². The standard InChI is InChI=1S/C20H24N4O3S2/c1-10-18(28-20(22-10)23-12(3)25)14-7-15-9-24(11(2)13-5-6-13)19(26)17(15)16(8-14)29(27)21-4/h7-8,11,13,21H,5-6,9H2,1-4H3,(H,22,23,25)/t11-,29?/m0/s1. The average molecular weight is 433 g/mol. The molecule has 0 spiro atoms. The Morgan fingerprint density at radius 2 is 2.10 bits per heavy atom. The van der Waals surface area contributed by atoms with Gasteiger partial charge in [0.05, 0.1) is 21.0 Å². The van der Waals surface area contributed by atoms with Crippen molar-refractivity contribution >= 4 is 39.3 Å². The highest BCUT2D eigenvalue weighted by molar-refractivity contribution is 7.83. The summed E-state index contributed by atoms with van der Waals surface area (Å²) < 4.78 is 15.5. The smallest absolute Gasteiger partial charge is 0.256 e. The molecule has 2 N–H and O–H groups in total. The minimum absolute atomic E-state index is 0.0375. The number of hydrogen-bond donors (Lipinski definition) is 2. The van der Waals surface area contributed by atoms with Crippen molar-refractivity contribution in [3.63, 3.8) is 0 Å². The summed E-state index contributed by atoms with van der Waals surface area (Å²) in [5, 5.41) is 3.25. The maximum Gasteiger partial charge on any atom is 0.256 e. The summed E-state index contributed by atoms with van der Waals surface area (Å²) >= 11 is 1.38. The number of amides is 2. The molecule has 4 rings (SSSR count). The van der Waals surface area contributed by atoms with Crippen molar-refractivity contribution in [2.45, 2.75) is 51.1 Å². The Morgan fingerprint density at radius 1 is 1.38 bits per heavy atom. The van der Waals surface area contributed by atoms with Gasteiger partial charge in [0.2, 0.25) is 5.91 Å². The van der Waals surface area contributed by atoms with Gasteiger partial charge >= 0.3 is 0 Å². The van der Waals surface area contributed by atoms with Gasteiger partial charge in [-0.25, -0.2) is 13.9 Å². The van der Waals surface area contributed by atoms with Gasteiger partial charge in [-0.05, 0) is 62.9 Å². The number of anilines is 1. The van der Waals surface area contributed by atoms with Crippen molar-refractivity contribution in [3.8, 4) is 10.4 Å². The largest absolute Gasteiger partial charge is 0.331 e. The van der Waals surface area contributed by atoms with E-state index in [2.05, 4.69) is 21.9 Å². The third-order valence-electron chi connectivity index (χ3n) is 5.52. The first-order valence-corrected chi connectivity index (χ1v) is 11.6. The first kappa shape index (κ1) is 20.2. The molecule has 154 valence electrons. The second-order valence-corrected chi connectivity index (χ2v) is 9.99. The van der Waals surface area contributed by atoms with Gasteiger partial charge in [-0.15, -0.1) is 0 Å². The van der Waals surface area contributed by atoms with Gasteiger partial charge in [0.25, 0.3) is 5.91 Å². The highest BCUT2D eigenvalue weighted by atomic mass is 32.2. The number of nitrogens with one attached hydrogen (secondary N) is 2. The van der Waals surface area contributed by atoms with Gasteiger partial charge in [0, 0.05) is 19.5 Å². The number of rotatable bonds is 6. The molecule has 1 aliphatic heterocycles. The van der Waals surface area contributed by atoms with Gasteiger partial charge in [0.15, 0.2) is 5.13 Å². The average Bonchev–Trinajstić information content (AvgIpc) is 3.39. The summed E-state index contributed by atoms with van der Waals surface area (Å²) in [7, 11) is 0.125. The first-order valence-electron chi connectivity index (χ1n) is 9.62. The number of benzene rings is 1. The first-order chi connectivity index (χ1) is 13.8. The van der Waals surface area contributed by atoms with Crippen molar-refractivity contribution < 1.29 is 13.8 Å². The molecular weight excluding hydrogens is 408 g/mol. The molecule has 9 heteroatoms. The van der Waals surface area contributed by atoms with Crippen LogP contribution < -0.4 is 10.0 Å². The van der Waals surface area contributed by atoms with Crippen LogP contribution in [0.2, 0.25) is 0 Å². The molecule has 0 bridgehead atoms. The van der Waals surface area contributed by atoms with Crippen LogP contribution in [0, 0.1) is 12.8 Å². The Morgan fingerprint density at radius 3 is 2.72 bits per heavy atom. The third kappa shape index (κ3) is 3.74. The van der Waals surface area contributed by atoms with Crippen molar-refractivity contribution in [3.05, 3.63) is 29.0 Å². The maximum absolute atomic E-state index is 13.2. The maximum atomic E-state index is 13.2. The number of aryl methyl sites for hydroxylation is 1. The van der Waals surface area contributed by atoms with Crippen LogP contribution in [0.15, 0.2) is 17.0 Å². The van der Waals surface area contributed by atoms with E-state index in [1.807, 2.05) is 24.0 Å². The number of thiazole rings is 1. The Kier molecular flexibility index (Phi) is 5.30. The molecule has 1 saturated carbocycles. The number of hydrogen-bond acceptors (Lipinski definition) is 5. The fourth-order valence-corrected chi connectivity index (χ4v) is 5.71. The summed E-state index contributed by atoms with van der Waals surface area (Å²) in [5.41, 5.74) is 3.10. The lowest BCUT2D eigenvalue weighted by molar-refractivity contribution is -0.114. The number of aromatic nitrogens is 1. The van der Waals surface area contributed by atoms with Crippen molar-refractivity contribution in [2.75, 3.05) is 12.4 Å². The summed E-state index contributed by atoms with van der Waals surface area (Å²) in [6, 6.07) is 4.00. The van der Waals surface area contributed by atoms with E-state index >= 15 is 0 Å². The number of carbonyl (C=O) groups excluding carboxylic acids is 2. The van der Waals surface area contributed by atoms with Crippen LogP contribution in [0.5, 0.6) is 0 Å². The molecule has 2 heterocycles. The van der Waals surface area contributed by atoms with Crippen LogP contribution in [-0.2, 0) is 22.3 Å². The Balaban J connectivity index is 1.78. The Hall–Kier alpha value is -2.10. The number of carbonyl (C=O) groups is 2. The lowest BCUT2D eigenvalue weighted by atomic mass is 10.0. The van der Waals surface area contributed by atoms with Gasteiger partial charge in [-0.1, -0.05) is 11.3 Å². The summed E-state index contributed by atoms with van der Waals surface area (Å²) in [4.78, 5) is 32.3. The van der Waals surface area contributed by atoms with Crippen LogP contribution in [-0.4, -0.2) is 39.0 Å². The molecule has 29 heavy (non-hydrogen) atoms. The molecule has 1 aromatic heterocycles. The monoisotopic (exact) mass is 432 g/mol. The Labute approximate surface area is 176 Å². The zero-order chi connectivity index (χ0) is 20.9. The quantitative estimate of drug-likeness (QED) is 0.734. The predicted octanol–water partition coefficient (Wildman–Crippen LogP) is 3.07. The molecular formula is C20H24N4O3S2. The van der Waals surface area contributed by atoms with Crippen LogP contribution in [0.3, 0.4) is 0 Å². The molecule has 2 aliphatic rings. The van der Waals surface area contributed by atoms with E-state index in [1.54, 1.807) is 7.05 Å². The minimum Gasteiger partial charge on any atom is -0.331 e. The molecule has 1 aliphatic carbocycles. The molecule has 1 fully saturated rings. The second kappa shape index (κ2) is 7.62. The lowest BCUT2D eigenvalue weighted by Crippen LogP contribution is -2.35. The summed E-state index contributed by atoms with van der Waals surface area (Å²) in [5.74, 6) is 0.353. The fraction of sp³-hybridized carbons (Fsp3) is 0.450. The SMILES string of the molecule is CNS(=O)c1cc(-c2sc(NC(C)=O)nc2C)cc2c1C(=O)N([C@@H](C)C1CC1)C2. The third-order valence-corrected chi connectivity index (χ3v) is 7.74. The predicted molar refractivity (Wildman–Crippen MR) is 114 cm³/mol. The second-order valence-electron chi connectivity index (χ2n) is 7.61. The van der Waals surface area contributed by atoms with Crippen LogP contribution >= 0.6 is 11.3 Å². The van der Waals surface area contributed by atoms with Gasteiger partial charge in [-0.2, -0.15) is 0 Å². The molecule has 1 aromatic carbocycles. The van der Waals surface area contributed by atoms with E-state index in [9.17, 15) is 13.8 Å². The topological polar surface area (TPSA) is 91.4 Å². The molecule has 2 atom stereocenters. The molecule has 2 amide bonds. The summed E-state index contributed by atoms with van der Waals surface area (Å²) in [6.07, 6.45) is 2.32. The normalized spacial score (nSPS) is 17.9. The van der Waals surface area contributed by atoms with Crippen molar-refractivity contribution in [1.29, 1.82) is 0 Å². The van der Waals surface area contributed by atoms with Gasteiger partial charge < -0.3 is 10.2 Å². The van der Waals surface area contributed by atoms with Crippen molar-refractivity contribution in [2.24, 2.45) is 5.92 Å². The van der Waals surface area contributed by atoms with E-state index < -0.39 is 11.0 Å². The van der Waals surface area contributed by atoms with E-state index in [1.165, 1.54) is 18.3 Å². The molecule has 0 saturated heterocycles. The van der Waals surface area contributed by atoms with Gasteiger partial charge in [0.1, 0.15) is 11.0 Å². The number of fused-ring (bicyclic) bond motifs is 1. The Bertz CT molecular complexity index is 1030. The highest BCUT2D eigenvalue weighted by Crippen LogP contribution is 2.41. The fourth-order valence-electron chi connectivity index (χ4n) is 3.86. The zero-order valence-corrected chi connectivity index (χ0v) is 18.5. The van der Waals surface area contributed by atoms with Gasteiger partial charge in [-0.3, -0.25) is 9.59 Å². The van der Waals surface area contributed by atoms with E-state index in [0.717, 1.165) is 34.5 Å². The van der Waals surface area contributed by atoms with Crippen LogP contribution in [0.4, 0.5) is 5.13 Å². The highest BCUT2D eigenvalue weighted by Gasteiger charge is 2.40. The molecule has 1 unspecified atom stereocenters. The minimum atomic E-state index is -1.49. The van der Waals surface area contributed by atoms with E-state index in [4.69, 9.17) is 0 Å². The molecule has 7 nitrogen and oxygen atoms in total. The van der Waals surface area contributed by atoms with Crippen LogP contribution in [0.1, 0.15) is 48.3 Å². The zero-order valence-electron chi connectivity index (χ0n) is 16.9. The summed E-state index contributed by atoms with van der Waals surface area (Å²) in [6.45, 7) is 5.96.